The third-order valence-electron chi connectivity index (χ3n) is 2.55. The molecule has 0 saturated heterocycles. The van der Waals surface area contributed by atoms with Gasteiger partial charge in [0.2, 0.25) is 0 Å². The van der Waals surface area contributed by atoms with Crippen LogP contribution < -0.4 is 29.2 Å². The Balaban J connectivity index is -0.0000000713. The van der Waals surface area contributed by atoms with Crippen LogP contribution in [0.25, 0.3) is 0 Å². The van der Waals surface area contributed by atoms with Crippen LogP contribution in [0.3, 0.4) is 0 Å². The Morgan fingerprint density at radius 1 is 0.667 bits per heavy atom. The summed E-state index contributed by atoms with van der Waals surface area (Å²) in [7, 11) is -4.74. The number of benzene rings is 2. The Labute approximate surface area is 211 Å². The molecule has 0 atom stereocenters. The third kappa shape index (κ3) is 49.0. The van der Waals surface area contributed by atoms with Gasteiger partial charge in [0.1, 0.15) is 0 Å². The summed E-state index contributed by atoms with van der Waals surface area (Å²) in [5.41, 5.74) is 0. The molecule has 0 bridgehead atoms. The predicted octanol–water partition coefficient (Wildman–Crippen LogP) is -0.234. The van der Waals surface area contributed by atoms with Crippen molar-refractivity contribution in [1.29, 1.82) is 5.26 Å². The van der Waals surface area contributed by atoms with E-state index in [9.17, 15) is 0 Å². The SMILES string of the molecule is CC#N.CP(C)c1ccccc1.CP(C)c1ccccc1.[C-]#[O+].[C-]#[O+].[C-]#[O+].[Mn].[O-][Cl+3]([O-])([O-])[O-]. The van der Waals surface area contributed by atoms with E-state index < -0.39 is 10.2 Å². The topological polar surface area (TPSA) is 176 Å². The van der Waals surface area contributed by atoms with E-state index in [0.717, 1.165) is 0 Å². The van der Waals surface area contributed by atoms with Gasteiger partial charge in [-0.25, -0.2) is 18.6 Å². The van der Waals surface area contributed by atoms with Crippen molar-refractivity contribution in [3.63, 3.8) is 0 Å². The first-order valence-corrected chi connectivity index (χ1v) is 13.7. The molecule has 0 aliphatic rings. The first-order chi connectivity index (χ1) is 15.0. The summed E-state index contributed by atoms with van der Waals surface area (Å²) in [6, 6.07) is 23.0. The molecule has 1 radical (unpaired) electrons. The van der Waals surface area contributed by atoms with E-state index in [1.807, 2.05) is 0 Å². The van der Waals surface area contributed by atoms with E-state index >= 15 is 0 Å². The van der Waals surface area contributed by atoms with E-state index in [2.05, 4.69) is 107 Å². The number of halogens is 1. The summed E-state index contributed by atoms with van der Waals surface area (Å²) in [6.45, 7) is 24.0. The Bertz CT molecular complexity index is 670. The van der Waals surface area contributed by atoms with Crippen molar-refractivity contribution in [2.24, 2.45) is 0 Å². The minimum Gasteiger partial charge on any atom is -0.222 e. The number of rotatable bonds is 2. The maximum atomic E-state index is 8.49. The molecule has 2 rings (SSSR count). The zero-order chi connectivity index (χ0) is 26.6. The average molecular weight is 556 g/mol. The molecule has 0 amide bonds. The standard InChI is InChI=1S/2C8H11P.C2H3N.3CO.ClHO4.Mn/c2*1-9(2)8-6-4-3-5-7-8;1-2-3;3*1-2;2-1(3,4)5;/h2*3-7H,1-2H3;1H3;;;;(H,2,3,4,5);/p-1. The number of hydrogen-bond acceptors (Lipinski definition) is 5. The van der Waals surface area contributed by atoms with Crippen LogP contribution in [0.2, 0.25) is 0 Å². The largest absolute Gasteiger partial charge is 0.222 e. The summed E-state index contributed by atoms with van der Waals surface area (Å²) in [4.78, 5) is 0. The van der Waals surface area contributed by atoms with Gasteiger partial charge in [-0.3, -0.25) is 0 Å². The molecule has 0 aliphatic heterocycles. The fourth-order valence-corrected chi connectivity index (χ4v) is 2.99. The Morgan fingerprint density at radius 3 is 0.909 bits per heavy atom. The molecule has 181 valence electrons. The fourth-order valence-electron chi connectivity index (χ4n) is 1.45. The summed E-state index contributed by atoms with van der Waals surface area (Å²) < 4.78 is 56.5. The molecule has 0 heterocycles. The molecule has 0 aromatic heterocycles. The minimum absolute atomic E-state index is 0. The van der Waals surface area contributed by atoms with Crippen molar-refractivity contribution < 1.29 is 59.9 Å². The average Bonchev–Trinajstić information content (AvgIpc) is 2.79. The van der Waals surface area contributed by atoms with Gasteiger partial charge < -0.3 is 0 Å². The quantitative estimate of drug-likeness (QED) is 0.215. The first-order valence-electron chi connectivity index (χ1n) is 8.01. The summed E-state index contributed by atoms with van der Waals surface area (Å²) in [5.74, 6) is 0. The van der Waals surface area contributed by atoms with Gasteiger partial charge in [-0.1, -0.05) is 76.5 Å². The predicted molar refractivity (Wildman–Crippen MR) is 113 cm³/mol. The van der Waals surface area contributed by atoms with Crippen molar-refractivity contribution in [2.75, 3.05) is 26.7 Å². The monoisotopic (exact) mass is 555 g/mol. The second-order valence-corrected chi connectivity index (χ2v) is 10.4. The Morgan fingerprint density at radius 2 is 0.818 bits per heavy atom. The van der Waals surface area contributed by atoms with E-state index in [4.69, 9.17) is 37.9 Å². The molecule has 8 nitrogen and oxygen atoms in total. The van der Waals surface area contributed by atoms with Gasteiger partial charge in [0, 0.05) is 24.0 Å². The summed E-state index contributed by atoms with van der Waals surface area (Å²) in [6.07, 6.45) is 0. The second-order valence-electron chi connectivity index (χ2n) is 5.06. The fraction of sp³-hybridized carbons (Fsp3) is 0.238. The molecule has 0 saturated carbocycles. The maximum absolute atomic E-state index is 8.49. The molecule has 12 heteroatoms. The second kappa shape index (κ2) is 35.3. The molecule has 0 spiro atoms. The molecule has 0 fully saturated rings. The van der Waals surface area contributed by atoms with Crippen molar-refractivity contribution in [3.05, 3.63) is 80.6 Å². The van der Waals surface area contributed by atoms with Gasteiger partial charge in [0.25, 0.3) is 0 Å². The first kappa shape index (κ1) is 45.2. The van der Waals surface area contributed by atoms with Gasteiger partial charge >= 0.3 is 33.9 Å². The van der Waals surface area contributed by atoms with Crippen molar-refractivity contribution in [3.8, 4) is 6.07 Å². The molecule has 33 heavy (non-hydrogen) atoms. The molecular weight excluding hydrogens is 531 g/mol. The summed E-state index contributed by atoms with van der Waals surface area (Å²) >= 11 is 0. The molecule has 2 aromatic rings. The van der Waals surface area contributed by atoms with Crippen LogP contribution in [0.4, 0.5) is 0 Å². The van der Waals surface area contributed by atoms with Gasteiger partial charge in [0.15, 0.2) is 0 Å². The van der Waals surface area contributed by atoms with Crippen LogP contribution in [-0.4, -0.2) is 26.7 Å². The van der Waals surface area contributed by atoms with Gasteiger partial charge in [-0.05, 0) is 37.3 Å². The van der Waals surface area contributed by atoms with E-state index in [0.29, 0.717) is 0 Å². The number of nitriles is 1. The maximum Gasteiger partial charge on any atom is 0 e. The number of nitrogens with zero attached hydrogens (tertiary/aromatic N) is 1. The molecule has 0 unspecified atom stereocenters. The van der Waals surface area contributed by atoms with E-state index in [1.165, 1.54) is 17.5 Å². The van der Waals surface area contributed by atoms with E-state index in [1.54, 1.807) is 6.07 Å². The van der Waals surface area contributed by atoms with Crippen LogP contribution in [0.15, 0.2) is 60.7 Å². The van der Waals surface area contributed by atoms with Crippen LogP contribution in [0.5, 0.6) is 0 Å². The van der Waals surface area contributed by atoms with Crippen LogP contribution in [0, 0.1) is 41.5 Å². The number of hydrogen-bond donors (Lipinski definition) is 0. The minimum atomic E-state index is -4.94. The molecule has 2 aromatic carbocycles. The molecule has 0 aliphatic carbocycles. The van der Waals surface area contributed by atoms with Crippen LogP contribution in [0.1, 0.15) is 6.92 Å². The zero-order valence-corrected chi connectivity index (χ0v) is 22.5. The van der Waals surface area contributed by atoms with Gasteiger partial charge in [-0.15, -0.1) is 10.2 Å². The Kier molecular flexibility index (Phi) is 48.3. The van der Waals surface area contributed by atoms with Crippen LogP contribution >= 0.6 is 15.8 Å². The molecule has 0 N–H and O–H groups in total. The van der Waals surface area contributed by atoms with Crippen LogP contribution in [-0.2, 0) is 31.0 Å². The van der Waals surface area contributed by atoms with Crippen molar-refractivity contribution in [1.82, 2.24) is 0 Å². The normalized spacial score (nSPS) is 7.76. The van der Waals surface area contributed by atoms with Crippen molar-refractivity contribution in [2.45, 2.75) is 6.92 Å². The molecular formula is C21H25ClMnNO7P2-. The zero-order valence-electron chi connectivity index (χ0n) is 18.7. The third-order valence-corrected chi connectivity index (χ3v) is 5.21. The van der Waals surface area contributed by atoms with Gasteiger partial charge in [0.05, 0.1) is 6.07 Å². The van der Waals surface area contributed by atoms with Crippen molar-refractivity contribution >= 4 is 26.5 Å². The summed E-state index contributed by atoms with van der Waals surface area (Å²) in [5, 5.41) is 10.3. The smallest absolute Gasteiger partial charge is 0 e. The van der Waals surface area contributed by atoms with E-state index in [-0.39, 0.29) is 32.9 Å². The Hall–Kier alpha value is -1.34. The van der Waals surface area contributed by atoms with Gasteiger partial charge in [-0.2, -0.15) is 5.26 Å².